The number of fused-ring (bicyclic) bond motifs is 1. The smallest absolute Gasteiger partial charge is 0.244 e. The summed E-state index contributed by atoms with van der Waals surface area (Å²) in [6.07, 6.45) is 3.12. The summed E-state index contributed by atoms with van der Waals surface area (Å²) >= 11 is 0. The van der Waals surface area contributed by atoms with Crippen LogP contribution in [0, 0.1) is 11.3 Å². The molecular formula is C13H12N4O3. The van der Waals surface area contributed by atoms with E-state index in [4.69, 9.17) is 19.6 Å². The van der Waals surface area contributed by atoms with Gasteiger partial charge in [-0.05, 0) is 6.07 Å². The van der Waals surface area contributed by atoms with Crippen molar-refractivity contribution >= 4 is 0 Å². The number of ether oxygens (including phenoxy) is 2. The summed E-state index contributed by atoms with van der Waals surface area (Å²) < 4.78 is 15.6. The van der Waals surface area contributed by atoms with Gasteiger partial charge in [-0.25, -0.2) is 0 Å². The summed E-state index contributed by atoms with van der Waals surface area (Å²) in [5.41, 5.74) is 8.44. The molecule has 1 aliphatic rings. The number of nitrogens with zero attached hydrogens (tertiary/aromatic N) is 2. The topological polar surface area (TPSA) is 110 Å². The van der Waals surface area contributed by atoms with Crippen LogP contribution in [-0.2, 0) is 11.3 Å². The predicted molar refractivity (Wildman–Crippen MR) is 67.3 cm³/mol. The summed E-state index contributed by atoms with van der Waals surface area (Å²) in [5.74, 6) is 0.0489. The van der Waals surface area contributed by atoms with E-state index >= 15 is 0 Å². The fraction of sp³-hybridized carbons (Fsp3) is 0.231. The number of hydrogen-bond donors (Lipinski definition) is 2. The summed E-state index contributed by atoms with van der Waals surface area (Å²) in [6, 6.07) is 3.88. The highest BCUT2D eigenvalue weighted by molar-refractivity contribution is 5.54. The molecule has 0 saturated heterocycles. The van der Waals surface area contributed by atoms with Crippen LogP contribution in [0.2, 0.25) is 0 Å². The third-order valence-corrected chi connectivity index (χ3v) is 3.18. The van der Waals surface area contributed by atoms with E-state index in [1.165, 1.54) is 0 Å². The predicted octanol–water partition coefficient (Wildman–Crippen LogP) is 1.37. The van der Waals surface area contributed by atoms with Crippen molar-refractivity contribution < 1.29 is 13.9 Å². The number of hydrogen-bond acceptors (Lipinski definition) is 6. The van der Waals surface area contributed by atoms with Crippen molar-refractivity contribution in [3.8, 4) is 11.9 Å². The summed E-state index contributed by atoms with van der Waals surface area (Å²) in [7, 11) is 1.58. The Morgan fingerprint density at radius 1 is 1.60 bits per heavy atom. The van der Waals surface area contributed by atoms with E-state index in [2.05, 4.69) is 16.3 Å². The van der Waals surface area contributed by atoms with Crippen molar-refractivity contribution in [2.24, 2.45) is 5.73 Å². The van der Waals surface area contributed by atoms with E-state index < -0.39 is 0 Å². The first-order chi connectivity index (χ1) is 9.76. The lowest BCUT2D eigenvalue weighted by atomic mass is 9.85. The summed E-state index contributed by atoms with van der Waals surface area (Å²) in [4.78, 5) is 0. The number of aromatic nitrogens is 2. The fourth-order valence-corrected chi connectivity index (χ4v) is 2.34. The second kappa shape index (κ2) is 4.75. The molecule has 1 atom stereocenters. The van der Waals surface area contributed by atoms with Crippen molar-refractivity contribution in [2.45, 2.75) is 12.5 Å². The minimum atomic E-state index is -0.369. The zero-order valence-electron chi connectivity index (χ0n) is 10.7. The number of methoxy groups -OCH3 is 1. The van der Waals surface area contributed by atoms with Crippen molar-refractivity contribution in [3.05, 3.63) is 46.9 Å². The normalized spacial score (nSPS) is 17.5. The molecule has 0 aromatic carbocycles. The lowest BCUT2D eigenvalue weighted by Gasteiger charge is -2.22. The van der Waals surface area contributed by atoms with Crippen LogP contribution in [0.15, 0.2) is 34.5 Å². The van der Waals surface area contributed by atoms with Gasteiger partial charge in [0.2, 0.25) is 11.8 Å². The highest BCUT2D eigenvalue weighted by atomic mass is 16.5. The molecule has 1 aliphatic heterocycles. The molecule has 102 valence electrons. The molecule has 0 bridgehead atoms. The van der Waals surface area contributed by atoms with Gasteiger partial charge in [0.1, 0.15) is 11.6 Å². The SMILES string of the molecule is COCc1[nH]nc2c1[C@@H](c1ccoc1)C(C#N)=C(N)O2. The number of allylic oxidation sites excluding steroid dienone is 1. The third kappa shape index (κ3) is 1.74. The molecule has 0 aliphatic carbocycles. The number of rotatable bonds is 3. The Bertz CT molecular complexity index is 694. The minimum Gasteiger partial charge on any atom is -0.472 e. The Labute approximate surface area is 114 Å². The third-order valence-electron chi connectivity index (χ3n) is 3.18. The Kier molecular flexibility index (Phi) is 2.93. The van der Waals surface area contributed by atoms with Crippen LogP contribution < -0.4 is 10.5 Å². The molecule has 2 aromatic heterocycles. The summed E-state index contributed by atoms with van der Waals surface area (Å²) in [5, 5.41) is 16.3. The Hall–Kier alpha value is -2.72. The minimum absolute atomic E-state index is 0.0571. The van der Waals surface area contributed by atoms with Gasteiger partial charge in [-0.15, -0.1) is 5.10 Å². The van der Waals surface area contributed by atoms with Crippen LogP contribution in [0.5, 0.6) is 5.88 Å². The molecule has 7 nitrogen and oxygen atoms in total. The van der Waals surface area contributed by atoms with Crippen LogP contribution >= 0.6 is 0 Å². The molecule has 3 heterocycles. The van der Waals surface area contributed by atoms with Gasteiger partial charge in [0.25, 0.3) is 0 Å². The van der Waals surface area contributed by atoms with Gasteiger partial charge in [0, 0.05) is 12.7 Å². The van der Waals surface area contributed by atoms with E-state index in [0.29, 0.717) is 18.1 Å². The van der Waals surface area contributed by atoms with E-state index in [-0.39, 0.29) is 11.8 Å². The van der Waals surface area contributed by atoms with Gasteiger partial charge in [0.15, 0.2) is 0 Å². The van der Waals surface area contributed by atoms with Crippen molar-refractivity contribution in [3.63, 3.8) is 0 Å². The molecule has 20 heavy (non-hydrogen) atoms. The second-order valence-corrected chi connectivity index (χ2v) is 4.34. The molecule has 3 N–H and O–H groups in total. The number of nitrogens with one attached hydrogen (secondary N) is 1. The quantitative estimate of drug-likeness (QED) is 0.873. The summed E-state index contributed by atoms with van der Waals surface area (Å²) in [6.45, 7) is 0.332. The first-order valence-corrected chi connectivity index (χ1v) is 5.92. The van der Waals surface area contributed by atoms with Crippen molar-refractivity contribution in [1.82, 2.24) is 10.2 Å². The van der Waals surface area contributed by atoms with E-state index in [1.54, 1.807) is 25.7 Å². The Morgan fingerprint density at radius 3 is 3.10 bits per heavy atom. The highest BCUT2D eigenvalue weighted by Gasteiger charge is 2.35. The standard InChI is InChI=1S/C13H12N4O3/c1-18-6-9-11-10(7-2-3-19-5-7)8(4-14)12(15)20-13(11)17-16-9/h2-3,5,10H,6,15H2,1H3,(H,16,17)/t10-/m0/s1. The van der Waals surface area contributed by atoms with Crippen LogP contribution in [0.1, 0.15) is 22.7 Å². The molecule has 0 radical (unpaired) electrons. The molecule has 0 spiro atoms. The largest absolute Gasteiger partial charge is 0.472 e. The fourth-order valence-electron chi connectivity index (χ4n) is 2.34. The van der Waals surface area contributed by atoms with Gasteiger partial charge in [-0.3, -0.25) is 5.10 Å². The van der Waals surface area contributed by atoms with Crippen LogP contribution in [0.4, 0.5) is 0 Å². The average Bonchev–Trinajstić information content (AvgIpc) is 3.08. The van der Waals surface area contributed by atoms with E-state index in [9.17, 15) is 5.26 Å². The lowest BCUT2D eigenvalue weighted by Crippen LogP contribution is -2.21. The van der Waals surface area contributed by atoms with Crippen molar-refractivity contribution in [1.29, 1.82) is 5.26 Å². The zero-order chi connectivity index (χ0) is 14.1. The molecule has 3 rings (SSSR count). The number of H-pyrrole nitrogens is 1. The Morgan fingerprint density at radius 2 is 2.45 bits per heavy atom. The van der Waals surface area contributed by atoms with Crippen molar-refractivity contribution in [2.75, 3.05) is 7.11 Å². The monoisotopic (exact) mass is 272 g/mol. The molecule has 0 fully saturated rings. The average molecular weight is 272 g/mol. The van der Waals surface area contributed by atoms with Gasteiger partial charge in [-0.1, -0.05) is 0 Å². The van der Waals surface area contributed by atoms with Crippen LogP contribution in [-0.4, -0.2) is 17.3 Å². The molecular weight excluding hydrogens is 260 g/mol. The number of nitriles is 1. The van der Waals surface area contributed by atoms with Crippen LogP contribution in [0.3, 0.4) is 0 Å². The first-order valence-electron chi connectivity index (χ1n) is 5.92. The van der Waals surface area contributed by atoms with Gasteiger partial charge < -0.3 is 19.6 Å². The van der Waals surface area contributed by atoms with E-state index in [1.807, 2.05) is 0 Å². The Balaban J connectivity index is 2.19. The van der Waals surface area contributed by atoms with Gasteiger partial charge >= 0.3 is 0 Å². The number of nitrogens with two attached hydrogens (primary N) is 1. The highest BCUT2D eigenvalue weighted by Crippen LogP contribution is 2.42. The van der Waals surface area contributed by atoms with E-state index in [0.717, 1.165) is 16.8 Å². The molecule has 0 unspecified atom stereocenters. The second-order valence-electron chi connectivity index (χ2n) is 4.34. The van der Waals surface area contributed by atoms with Crippen LogP contribution in [0.25, 0.3) is 0 Å². The molecule has 0 amide bonds. The molecule has 7 heteroatoms. The maximum absolute atomic E-state index is 9.35. The number of aromatic amines is 1. The lowest BCUT2D eigenvalue weighted by molar-refractivity contribution is 0.180. The molecule has 2 aromatic rings. The zero-order valence-corrected chi connectivity index (χ0v) is 10.7. The first kappa shape index (κ1) is 12.3. The maximum atomic E-state index is 9.35. The molecule has 0 saturated carbocycles. The van der Waals surface area contributed by atoms with Gasteiger partial charge in [-0.2, -0.15) is 5.26 Å². The van der Waals surface area contributed by atoms with Gasteiger partial charge in [0.05, 0.1) is 36.3 Å². The number of furan rings is 1. The maximum Gasteiger partial charge on any atom is 0.244 e.